The number of nitrogens with zero attached hydrogens (tertiary/aromatic N) is 5. The molecule has 1 atom stereocenters. The highest BCUT2D eigenvalue weighted by Gasteiger charge is 2.33. The molecule has 4 rings (SSSR count). The van der Waals surface area contributed by atoms with Crippen molar-refractivity contribution in [3.05, 3.63) is 24.0 Å². The lowest BCUT2D eigenvalue weighted by Crippen LogP contribution is -2.46. The lowest BCUT2D eigenvalue weighted by Gasteiger charge is -2.36. The fourth-order valence-corrected chi connectivity index (χ4v) is 4.17. The molecule has 30 heavy (non-hydrogen) atoms. The molecule has 160 valence electrons. The third-order valence-electron chi connectivity index (χ3n) is 5.02. The molecular weight excluding hydrogens is 413 g/mol. The van der Waals surface area contributed by atoms with E-state index >= 15 is 0 Å². The van der Waals surface area contributed by atoms with E-state index in [1.807, 2.05) is 4.90 Å². The molecule has 1 aromatic carbocycles. The second-order valence-corrected chi connectivity index (χ2v) is 8.07. The van der Waals surface area contributed by atoms with Crippen LogP contribution < -0.4 is 25.8 Å². The van der Waals surface area contributed by atoms with Gasteiger partial charge in [0.15, 0.2) is 0 Å². The van der Waals surface area contributed by atoms with Crippen molar-refractivity contribution in [2.45, 2.75) is 13.0 Å². The van der Waals surface area contributed by atoms with Crippen LogP contribution in [0.4, 0.5) is 30.8 Å². The second kappa shape index (κ2) is 8.30. The molecule has 2 fully saturated rings. The fraction of sp³-hybridized carbons (Fsp3) is 0.444. The number of hydrogen-bond donors (Lipinski definition) is 2. The lowest BCUT2D eigenvalue weighted by atomic mass is 10.2. The summed E-state index contributed by atoms with van der Waals surface area (Å²) in [6.45, 7) is 4.48. The van der Waals surface area contributed by atoms with Gasteiger partial charge >= 0.3 is 6.09 Å². The van der Waals surface area contributed by atoms with Crippen LogP contribution in [0.5, 0.6) is 0 Å². The third-order valence-corrected chi connectivity index (χ3v) is 5.83. The number of nitrogens with one attached hydrogen (secondary N) is 1. The number of carbonyl (C=O) groups is 2. The highest BCUT2D eigenvalue weighted by Crippen LogP contribution is 2.29. The number of piperazine rings is 1. The van der Waals surface area contributed by atoms with E-state index in [9.17, 15) is 14.0 Å². The molecule has 2 saturated heterocycles. The molecule has 12 heteroatoms. The summed E-state index contributed by atoms with van der Waals surface area (Å²) in [5.41, 5.74) is 6.55. The maximum atomic E-state index is 14.9. The largest absolute Gasteiger partial charge is 0.442 e. The zero-order chi connectivity index (χ0) is 21.3. The van der Waals surface area contributed by atoms with E-state index in [1.54, 1.807) is 12.1 Å². The summed E-state index contributed by atoms with van der Waals surface area (Å²) < 4.78 is 20.1. The highest BCUT2D eigenvalue weighted by atomic mass is 32.1. The van der Waals surface area contributed by atoms with Crippen LogP contribution in [-0.2, 0) is 9.53 Å². The lowest BCUT2D eigenvalue weighted by molar-refractivity contribution is -0.119. The Morgan fingerprint density at radius 3 is 2.67 bits per heavy atom. The smallest absolute Gasteiger partial charge is 0.414 e. The average Bonchev–Trinajstić information content (AvgIpc) is 3.32. The van der Waals surface area contributed by atoms with Crippen molar-refractivity contribution in [2.24, 2.45) is 0 Å². The van der Waals surface area contributed by atoms with Crippen molar-refractivity contribution < 1.29 is 18.7 Å². The number of hydrogen-bond acceptors (Lipinski definition) is 9. The highest BCUT2D eigenvalue weighted by molar-refractivity contribution is 7.18. The van der Waals surface area contributed by atoms with Crippen LogP contribution in [0.1, 0.15) is 6.92 Å². The van der Waals surface area contributed by atoms with Gasteiger partial charge in [-0.3, -0.25) is 9.69 Å². The number of carbonyl (C=O) groups excluding carboxylic acids is 2. The van der Waals surface area contributed by atoms with Gasteiger partial charge < -0.3 is 25.6 Å². The standard InChI is InChI=1S/C18H22FN7O3S/c1-11(27)21-9-13-10-26(18(28)29-13)12-2-3-15(14(19)8-12)24-4-6-25(7-5-24)17-23-22-16(20)30-17/h2-3,8,13H,4-7,9-10H2,1H3,(H2,20,22)(H,21,27)/t13-/m0/s1. The zero-order valence-corrected chi connectivity index (χ0v) is 17.2. The van der Waals surface area contributed by atoms with Gasteiger partial charge in [-0.15, -0.1) is 10.2 Å². The van der Waals surface area contributed by atoms with Gasteiger partial charge in [0, 0.05) is 33.1 Å². The number of rotatable bonds is 5. The second-order valence-electron chi connectivity index (χ2n) is 7.09. The first-order valence-electron chi connectivity index (χ1n) is 9.51. The Balaban J connectivity index is 1.39. The Morgan fingerprint density at radius 2 is 2.03 bits per heavy atom. The van der Waals surface area contributed by atoms with E-state index in [4.69, 9.17) is 10.5 Å². The van der Waals surface area contributed by atoms with Crippen LogP contribution in [-0.4, -0.2) is 67.6 Å². The van der Waals surface area contributed by atoms with Crippen molar-refractivity contribution in [2.75, 3.05) is 59.7 Å². The Labute approximate surface area is 176 Å². The quantitative estimate of drug-likeness (QED) is 0.716. The van der Waals surface area contributed by atoms with Gasteiger partial charge in [0.05, 0.1) is 24.5 Å². The predicted octanol–water partition coefficient (Wildman–Crippen LogP) is 1.05. The summed E-state index contributed by atoms with van der Waals surface area (Å²) in [7, 11) is 0. The molecule has 0 radical (unpaired) electrons. The van der Waals surface area contributed by atoms with Gasteiger partial charge in [-0.1, -0.05) is 11.3 Å². The fourth-order valence-electron chi connectivity index (χ4n) is 3.51. The predicted molar refractivity (Wildman–Crippen MR) is 111 cm³/mol. The van der Waals surface area contributed by atoms with Crippen molar-refractivity contribution in [1.29, 1.82) is 0 Å². The number of cyclic esters (lactones) is 1. The monoisotopic (exact) mass is 435 g/mol. The summed E-state index contributed by atoms with van der Waals surface area (Å²) in [6.07, 6.45) is -1.02. The van der Waals surface area contributed by atoms with Crippen molar-refractivity contribution in [3.63, 3.8) is 0 Å². The molecule has 2 aliphatic rings. The SMILES string of the molecule is CC(=O)NC[C@H]1CN(c2ccc(N3CCN(c4nnc(N)s4)CC3)c(F)c2)C(=O)O1. The van der Waals surface area contributed by atoms with Crippen molar-refractivity contribution >= 4 is 45.0 Å². The van der Waals surface area contributed by atoms with Gasteiger partial charge in [0.2, 0.25) is 16.2 Å². The summed E-state index contributed by atoms with van der Waals surface area (Å²) >= 11 is 1.33. The first-order valence-corrected chi connectivity index (χ1v) is 10.3. The summed E-state index contributed by atoms with van der Waals surface area (Å²) in [6, 6.07) is 4.73. The Morgan fingerprint density at radius 1 is 1.30 bits per heavy atom. The molecule has 2 amide bonds. The normalized spacial score (nSPS) is 19.2. The van der Waals surface area contributed by atoms with Crippen LogP contribution in [0.2, 0.25) is 0 Å². The molecular formula is C18H22FN7O3S. The molecule has 10 nitrogen and oxygen atoms in total. The minimum Gasteiger partial charge on any atom is -0.442 e. The first kappa shape index (κ1) is 20.1. The average molecular weight is 435 g/mol. The number of ether oxygens (including phenoxy) is 1. The van der Waals surface area contributed by atoms with E-state index in [-0.39, 0.29) is 19.0 Å². The minimum atomic E-state index is -0.553. The van der Waals surface area contributed by atoms with Gasteiger partial charge in [-0.2, -0.15) is 0 Å². The minimum absolute atomic E-state index is 0.199. The summed E-state index contributed by atoms with van der Waals surface area (Å²) in [4.78, 5) is 28.6. The van der Waals surface area contributed by atoms with Crippen LogP contribution >= 0.6 is 11.3 Å². The molecule has 3 N–H and O–H groups in total. The Bertz CT molecular complexity index is 948. The molecule has 0 aliphatic carbocycles. The van der Waals surface area contributed by atoms with Crippen LogP contribution in [0, 0.1) is 5.82 Å². The number of anilines is 4. The Hall–Kier alpha value is -3.15. The van der Waals surface area contributed by atoms with E-state index in [1.165, 1.54) is 29.2 Å². The molecule has 0 bridgehead atoms. The molecule has 2 aliphatic heterocycles. The van der Waals surface area contributed by atoms with Gasteiger partial charge in [-0.05, 0) is 18.2 Å². The topological polar surface area (TPSA) is 117 Å². The maximum absolute atomic E-state index is 14.9. The Kier molecular flexibility index (Phi) is 5.57. The van der Waals surface area contributed by atoms with E-state index in [0.29, 0.717) is 42.7 Å². The molecule has 2 aromatic rings. The number of amides is 2. The van der Waals surface area contributed by atoms with E-state index < -0.39 is 18.0 Å². The van der Waals surface area contributed by atoms with Crippen LogP contribution in [0.3, 0.4) is 0 Å². The third kappa shape index (κ3) is 4.22. The molecule has 3 heterocycles. The number of aromatic nitrogens is 2. The van der Waals surface area contributed by atoms with Gasteiger partial charge in [0.1, 0.15) is 11.9 Å². The number of nitrogens with two attached hydrogens (primary N) is 1. The number of benzene rings is 1. The zero-order valence-electron chi connectivity index (χ0n) is 16.4. The number of halogens is 1. The molecule has 1 aromatic heterocycles. The van der Waals surface area contributed by atoms with Crippen LogP contribution in [0.15, 0.2) is 18.2 Å². The molecule has 0 spiro atoms. The van der Waals surface area contributed by atoms with Crippen LogP contribution in [0.25, 0.3) is 0 Å². The van der Waals surface area contributed by atoms with Crippen molar-refractivity contribution in [1.82, 2.24) is 15.5 Å². The first-order chi connectivity index (χ1) is 14.4. The molecule has 0 saturated carbocycles. The number of nitrogen functional groups attached to an aromatic ring is 1. The van der Waals surface area contributed by atoms with Crippen molar-refractivity contribution in [3.8, 4) is 0 Å². The molecule has 0 unspecified atom stereocenters. The maximum Gasteiger partial charge on any atom is 0.414 e. The summed E-state index contributed by atoms with van der Waals surface area (Å²) in [5, 5.41) is 11.7. The summed E-state index contributed by atoms with van der Waals surface area (Å²) in [5.74, 6) is -0.603. The van der Waals surface area contributed by atoms with Gasteiger partial charge in [0.25, 0.3) is 0 Å². The van der Waals surface area contributed by atoms with E-state index in [0.717, 1.165) is 5.13 Å². The van der Waals surface area contributed by atoms with Gasteiger partial charge in [-0.25, -0.2) is 9.18 Å². The van der Waals surface area contributed by atoms with E-state index in [2.05, 4.69) is 20.4 Å².